The Morgan fingerprint density at radius 2 is 1.34 bits per heavy atom. The van der Waals surface area contributed by atoms with Crippen molar-refractivity contribution in [3.63, 3.8) is 0 Å². The van der Waals surface area contributed by atoms with Crippen LogP contribution in [-0.4, -0.2) is 24.4 Å². The van der Waals surface area contributed by atoms with Gasteiger partial charge in [0.05, 0.1) is 16.9 Å². The van der Waals surface area contributed by atoms with Crippen molar-refractivity contribution >= 4 is 40.8 Å². The second-order valence-electron chi connectivity index (χ2n) is 8.28. The number of urea groups is 1. The zero-order chi connectivity index (χ0) is 20.6. The Bertz CT molecular complexity index is 1030. The van der Waals surface area contributed by atoms with Gasteiger partial charge >= 0.3 is 13.1 Å². The van der Waals surface area contributed by atoms with Crippen molar-refractivity contribution in [2.24, 2.45) is 0 Å². The summed E-state index contributed by atoms with van der Waals surface area (Å²) in [6, 6.07) is 20.9. The minimum absolute atomic E-state index is 0.287. The van der Waals surface area contributed by atoms with E-state index in [1.165, 1.54) is 0 Å². The lowest BCUT2D eigenvalue weighted by molar-refractivity contribution is 0.00578. The second kappa shape index (κ2) is 7.21. The van der Waals surface area contributed by atoms with Crippen LogP contribution in [0, 0.1) is 0 Å². The molecule has 0 aromatic heterocycles. The number of carbonyl (C=O) groups excluding carboxylic acids is 1. The van der Waals surface area contributed by atoms with Gasteiger partial charge < -0.3 is 19.9 Å². The van der Waals surface area contributed by atoms with Crippen LogP contribution in [0.15, 0.2) is 66.7 Å². The van der Waals surface area contributed by atoms with Crippen molar-refractivity contribution in [2.45, 2.75) is 38.9 Å². The molecule has 1 saturated heterocycles. The van der Waals surface area contributed by atoms with Crippen LogP contribution >= 0.6 is 0 Å². The molecule has 0 saturated carbocycles. The number of hydrogen-bond acceptors (Lipinski definition) is 3. The van der Waals surface area contributed by atoms with Crippen molar-refractivity contribution in [3.05, 3.63) is 66.7 Å². The van der Waals surface area contributed by atoms with Crippen molar-refractivity contribution in [1.29, 1.82) is 0 Å². The zero-order valence-electron chi connectivity index (χ0n) is 17.2. The first-order valence-electron chi connectivity index (χ1n) is 9.77. The van der Waals surface area contributed by atoms with E-state index < -0.39 is 18.3 Å². The maximum Gasteiger partial charge on any atom is 0.495 e. The molecule has 3 aromatic carbocycles. The standard InChI is InChI=1S/C23H25BN2O3/c1-22(2)23(3,4)29-24(28-22)19-14-15-20(18-13-9-8-12-17(18)19)26-21(27)25-16-10-6-5-7-11-16/h5-15H,1-4H3,(H2,25,26,27). The summed E-state index contributed by atoms with van der Waals surface area (Å²) in [7, 11) is -0.461. The summed E-state index contributed by atoms with van der Waals surface area (Å²) >= 11 is 0. The molecule has 3 aromatic rings. The van der Waals surface area contributed by atoms with Gasteiger partial charge in [0, 0.05) is 11.1 Å². The van der Waals surface area contributed by atoms with E-state index in [4.69, 9.17) is 9.31 Å². The average Bonchev–Trinajstić information content (AvgIpc) is 2.90. The summed E-state index contributed by atoms with van der Waals surface area (Å²) in [6.07, 6.45) is 0. The van der Waals surface area contributed by atoms with Gasteiger partial charge in [0.1, 0.15) is 0 Å². The predicted molar refractivity (Wildman–Crippen MR) is 119 cm³/mol. The normalized spacial score (nSPS) is 17.3. The molecule has 6 heteroatoms. The number of nitrogens with one attached hydrogen (secondary N) is 2. The fraction of sp³-hybridized carbons (Fsp3) is 0.261. The Morgan fingerprint density at radius 1 is 0.759 bits per heavy atom. The summed E-state index contributed by atoms with van der Waals surface area (Å²) in [5.41, 5.74) is 1.60. The van der Waals surface area contributed by atoms with E-state index in [-0.39, 0.29) is 6.03 Å². The van der Waals surface area contributed by atoms with Gasteiger partial charge in [-0.3, -0.25) is 0 Å². The van der Waals surface area contributed by atoms with Crippen LogP contribution in [0.4, 0.5) is 16.2 Å². The summed E-state index contributed by atoms with van der Waals surface area (Å²) < 4.78 is 12.5. The Kier molecular flexibility index (Phi) is 4.85. The monoisotopic (exact) mass is 388 g/mol. The molecule has 5 nitrogen and oxygen atoms in total. The molecule has 0 unspecified atom stereocenters. The number of anilines is 2. The van der Waals surface area contributed by atoms with E-state index >= 15 is 0 Å². The summed E-state index contributed by atoms with van der Waals surface area (Å²) in [4.78, 5) is 12.5. The molecular formula is C23H25BN2O3. The van der Waals surface area contributed by atoms with E-state index in [1.807, 2.05) is 94.4 Å². The average molecular weight is 388 g/mol. The van der Waals surface area contributed by atoms with Crippen LogP contribution in [0.5, 0.6) is 0 Å². The van der Waals surface area contributed by atoms with Gasteiger partial charge in [-0.05, 0) is 56.7 Å². The SMILES string of the molecule is CC1(C)OB(c2ccc(NC(=O)Nc3ccccc3)c3ccccc23)OC1(C)C. The highest BCUT2D eigenvalue weighted by Gasteiger charge is 2.52. The number of benzene rings is 3. The lowest BCUT2D eigenvalue weighted by Crippen LogP contribution is -2.41. The van der Waals surface area contributed by atoms with Gasteiger partial charge in [0.2, 0.25) is 0 Å². The first kappa shape index (κ1) is 19.5. The molecule has 148 valence electrons. The molecule has 2 amide bonds. The molecule has 0 radical (unpaired) electrons. The van der Waals surface area contributed by atoms with Gasteiger partial charge in [0.25, 0.3) is 0 Å². The van der Waals surface area contributed by atoms with Crippen LogP contribution in [0.3, 0.4) is 0 Å². The molecule has 1 heterocycles. The summed E-state index contributed by atoms with van der Waals surface area (Å²) in [6.45, 7) is 8.16. The number of fused-ring (bicyclic) bond motifs is 1. The molecule has 0 aliphatic carbocycles. The first-order valence-corrected chi connectivity index (χ1v) is 9.77. The minimum Gasteiger partial charge on any atom is -0.399 e. The maximum atomic E-state index is 12.5. The van der Waals surface area contributed by atoms with Crippen LogP contribution in [-0.2, 0) is 9.31 Å². The first-order chi connectivity index (χ1) is 13.8. The third-order valence-corrected chi connectivity index (χ3v) is 5.74. The van der Waals surface area contributed by atoms with Crippen LogP contribution in [0.25, 0.3) is 10.8 Å². The van der Waals surface area contributed by atoms with E-state index in [2.05, 4.69) is 10.6 Å². The van der Waals surface area contributed by atoms with Crippen LogP contribution in [0.1, 0.15) is 27.7 Å². The van der Waals surface area contributed by atoms with Crippen LogP contribution in [0.2, 0.25) is 0 Å². The smallest absolute Gasteiger partial charge is 0.399 e. The Balaban J connectivity index is 1.63. The summed E-state index contributed by atoms with van der Waals surface area (Å²) in [5, 5.41) is 7.72. The Hall–Kier alpha value is -2.83. The van der Waals surface area contributed by atoms with E-state index in [1.54, 1.807) is 0 Å². The third kappa shape index (κ3) is 3.73. The highest BCUT2D eigenvalue weighted by atomic mass is 16.7. The predicted octanol–water partition coefficient (Wildman–Crippen LogP) is 4.78. The molecule has 4 rings (SSSR count). The number of rotatable bonds is 3. The topological polar surface area (TPSA) is 59.6 Å². The lowest BCUT2D eigenvalue weighted by atomic mass is 9.76. The number of carbonyl (C=O) groups is 1. The number of amides is 2. The highest BCUT2D eigenvalue weighted by Crippen LogP contribution is 2.37. The molecule has 0 atom stereocenters. The second-order valence-corrected chi connectivity index (χ2v) is 8.28. The van der Waals surface area contributed by atoms with Gasteiger partial charge in [-0.15, -0.1) is 0 Å². The van der Waals surface area contributed by atoms with Gasteiger partial charge in [-0.25, -0.2) is 4.79 Å². The van der Waals surface area contributed by atoms with Gasteiger partial charge in [0.15, 0.2) is 0 Å². The van der Waals surface area contributed by atoms with E-state index in [0.717, 1.165) is 27.6 Å². The number of para-hydroxylation sites is 1. The summed E-state index contributed by atoms with van der Waals surface area (Å²) in [5.74, 6) is 0. The fourth-order valence-electron chi connectivity index (χ4n) is 3.41. The molecule has 1 aliphatic rings. The van der Waals surface area contributed by atoms with Gasteiger partial charge in [-0.1, -0.05) is 48.5 Å². The van der Waals surface area contributed by atoms with Crippen molar-refractivity contribution < 1.29 is 14.1 Å². The van der Waals surface area contributed by atoms with Crippen molar-refractivity contribution in [3.8, 4) is 0 Å². The largest absolute Gasteiger partial charge is 0.495 e. The molecule has 1 aliphatic heterocycles. The minimum atomic E-state index is -0.461. The molecular weight excluding hydrogens is 363 g/mol. The number of hydrogen-bond donors (Lipinski definition) is 2. The molecule has 2 N–H and O–H groups in total. The zero-order valence-corrected chi connectivity index (χ0v) is 17.2. The maximum absolute atomic E-state index is 12.5. The van der Waals surface area contributed by atoms with E-state index in [9.17, 15) is 4.79 Å². The lowest BCUT2D eigenvalue weighted by Gasteiger charge is -2.32. The molecule has 0 spiro atoms. The third-order valence-electron chi connectivity index (χ3n) is 5.74. The fourth-order valence-corrected chi connectivity index (χ4v) is 3.41. The van der Waals surface area contributed by atoms with Crippen molar-refractivity contribution in [1.82, 2.24) is 0 Å². The van der Waals surface area contributed by atoms with Crippen molar-refractivity contribution in [2.75, 3.05) is 10.6 Å². The Labute approximate surface area is 171 Å². The van der Waals surface area contributed by atoms with Gasteiger partial charge in [-0.2, -0.15) is 0 Å². The van der Waals surface area contributed by atoms with Crippen LogP contribution < -0.4 is 16.1 Å². The molecule has 0 bridgehead atoms. The highest BCUT2D eigenvalue weighted by molar-refractivity contribution is 6.65. The Morgan fingerprint density at radius 3 is 2.00 bits per heavy atom. The molecule has 1 fully saturated rings. The van der Waals surface area contributed by atoms with E-state index in [0.29, 0.717) is 0 Å². The quantitative estimate of drug-likeness (QED) is 0.635. The molecule has 29 heavy (non-hydrogen) atoms.